The molecule has 1 aliphatic heterocycles. The normalized spacial score (nSPS) is 19.9. The van der Waals surface area contributed by atoms with Crippen LogP contribution in [0.15, 0.2) is 18.5 Å². The Morgan fingerprint density at radius 1 is 1.20 bits per heavy atom. The first-order valence-corrected chi connectivity index (χ1v) is 9.46. The van der Waals surface area contributed by atoms with Crippen LogP contribution in [0.3, 0.4) is 0 Å². The molecular weight excluding hydrogens is 401 g/mol. The number of nitriles is 1. The van der Waals surface area contributed by atoms with Gasteiger partial charge in [-0.05, 0) is 12.8 Å². The molecule has 2 aromatic heterocycles. The summed E-state index contributed by atoms with van der Waals surface area (Å²) in [4.78, 5) is 10.1. The first kappa shape index (κ1) is 20.2. The van der Waals surface area contributed by atoms with Gasteiger partial charge in [0.25, 0.3) is 0 Å². The quantitative estimate of drug-likeness (QED) is 0.726. The molecule has 0 spiro atoms. The lowest BCUT2D eigenvalue weighted by atomic mass is 10.2. The number of nitrogens with zero attached hydrogens (tertiary/aromatic N) is 6. The first-order valence-electron chi connectivity index (χ1n) is 9.46. The van der Waals surface area contributed by atoms with Crippen LogP contribution in [0.4, 0.5) is 30.5 Å². The van der Waals surface area contributed by atoms with Crippen molar-refractivity contribution in [3.8, 4) is 6.07 Å². The van der Waals surface area contributed by atoms with Crippen molar-refractivity contribution in [1.29, 1.82) is 5.26 Å². The number of hydrogen-bond acceptors (Lipinski definition) is 9. The Labute approximate surface area is 170 Å². The molecule has 2 N–H and O–H groups in total. The van der Waals surface area contributed by atoms with Crippen LogP contribution in [0, 0.1) is 11.3 Å². The molecule has 3 heterocycles. The summed E-state index contributed by atoms with van der Waals surface area (Å²) in [7, 11) is 0. The highest BCUT2D eigenvalue weighted by atomic mass is 19.4. The predicted molar refractivity (Wildman–Crippen MR) is 99.9 cm³/mol. The van der Waals surface area contributed by atoms with Crippen molar-refractivity contribution >= 4 is 17.3 Å². The molecule has 0 bridgehead atoms. The molecule has 9 nitrogen and oxygen atoms in total. The van der Waals surface area contributed by atoms with Crippen molar-refractivity contribution < 1.29 is 17.9 Å². The van der Waals surface area contributed by atoms with Crippen LogP contribution < -0.4 is 10.6 Å². The lowest BCUT2D eigenvalue weighted by Gasteiger charge is -2.33. The molecule has 0 radical (unpaired) electrons. The third-order valence-corrected chi connectivity index (χ3v) is 4.84. The van der Waals surface area contributed by atoms with Gasteiger partial charge in [-0.25, -0.2) is 9.97 Å². The van der Waals surface area contributed by atoms with Gasteiger partial charge in [0, 0.05) is 31.7 Å². The van der Waals surface area contributed by atoms with Gasteiger partial charge in [0.2, 0.25) is 0 Å². The van der Waals surface area contributed by atoms with E-state index in [0.29, 0.717) is 19.2 Å². The lowest BCUT2D eigenvalue weighted by molar-refractivity contribution is -0.141. The summed E-state index contributed by atoms with van der Waals surface area (Å²) in [6.07, 6.45) is -0.0113. The maximum Gasteiger partial charge on any atom is 0.437 e. The Morgan fingerprint density at radius 2 is 2.03 bits per heavy atom. The molecule has 0 aromatic carbocycles. The van der Waals surface area contributed by atoms with E-state index in [1.165, 1.54) is 31.3 Å². The van der Waals surface area contributed by atoms with Crippen LogP contribution >= 0.6 is 0 Å². The van der Waals surface area contributed by atoms with Gasteiger partial charge in [-0.15, -0.1) is 10.2 Å². The Balaban J connectivity index is 1.47. The maximum absolute atomic E-state index is 13.4. The van der Waals surface area contributed by atoms with Gasteiger partial charge in [-0.3, -0.25) is 4.90 Å². The Morgan fingerprint density at radius 3 is 2.70 bits per heavy atom. The summed E-state index contributed by atoms with van der Waals surface area (Å²) < 4.78 is 45.8. The number of anilines is 3. The standard InChI is InChI=1S/C18H19F3N8O/c19-18(20,21)17-14(24-8-13-10-29(3-4-30-13)12-1-2-12)5-15(27-28-17)26-16-9-23-11(6-22)7-25-16/h5,7,9,12-13H,1-4,8,10H2,(H2,24,25,26,27)/t13-/m0/s1. The van der Waals surface area contributed by atoms with E-state index < -0.39 is 11.9 Å². The zero-order valence-electron chi connectivity index (χ0n) is 15.9. The van der Waals surface area contributed by atoms with E-state index in [1.807, 2.05) is 6.07 Å². The Kier molecular flexibility index (Phi) is 5.65. The van der Waals surface area contributed by atoms with E-state index in [2.05, 4.69) is 35.7 Å². The van der Waals surface area contributed by atoms with Crippen LogP contribution in [-0.4, -0.2) is 63.5 Å². The Hall–Kier alpha value is -3.04. The van der Waals surface area contributed by atoms with Crippen molar-refractivity contribution in [3.05, 3.63) is 29.8 Å². The smallest absolute Gasteiger partial charge is 0.380 e. The van der Waals surface area contributed by atoms with Crippen LogP contribution in [0.2, 0.25) is 0 Å². The average Bonchev–Trinajstić information content (AvgIpc) is 3.58. The number of morpholine rings is 1. The molecule has 30 heavy (non-hydrogen) atoms. The molecule has 0 unspecified atom stereocenters. The maximum atomic E-state index is 13.4. The highest BCUT2D eigenvalue weighted by Crippen LogP contribution is 2.34. The van der Waals surface area contributed by atoms with E-state index in [0.717, 1.165) is 6.54 Å². The molecular formula is C18H19F3N8O. The average molecular weight is 420 g/mol. The third-order valence-electron chi connectivity index (χ3n) is 4.84. The minimum Gasteiger partial charge on any atom is -0.380 e. The molecule has 1 atom stereocenters. The number of halogens is 3. The van der Waals surface area contributed by atoms with Crippen LogP contribution in [0.1, 0.15) is 24.2 Å². The first-order chi connectivity index (χ1) is 14.4. The molecule has 0 amide bonds. The monoisotopic (exact) mass is 420 g/mol. The largest absolute Gasteiger partial charge is 0.437 e. The van der Waals surface area contributed by atoms with Crippen molar-refractivity contribution in [2.24, 2.45) is 0 Å². The molecule has 2 aliphatic rings. The number of ether oxygens (including phenoxy) is 1. The minimum absolute atomic E-state index is 0.0636. The fraction of sp³-hybridized carbons (Fsp3) is 0.500. The molecule has 2 fully saturated rings. The van der Waals surface area contributed by atoms with Gasteiger partial charge in [-0.1, -0.05) is 0 Å². The van der Waals surface area contributed by atoms with E-state index in [1.54, 1.807) is 0 Å². The second kappa shape index (κ2) is 8.37. The van der Waals surface area contributed by atoms with Crippen molar-refractivity contribution in [1.82, 2.24) is 25.1 Å². The zero-order chi connectivity index (χ0) is 21.1. The number of rotatable bonds is 6. The summed E-state index contributed by atoms with van der Waals surface area (Å²) in [5, 5.41) is 21.2. The molecule has 12 heteroatoms. The zero-order valence-corrected chi connectivity index (χ0v) is 15.9. The minimum atomic E-state index is -4.66. The van der Waals surface area contributed by atoms with Gasteiger partial charge in [0.15, 0.2) is 17.2 Å². The predicted octanol–water partition coefficient (Wildman–Crippen LogP) is 2.18. The van der Waals surface area contributed by atoms with Crippen LogP contribution in [0.5, 0.6) is 0 Å². The van der Waals surface area contributed by atoms with E-state index in [9.17, 15) is 13.2 Å². The van der Waals surface area contributed by atoms with Crippen molar-refractivity contribution in [3.63, 3.8) is 0 Å². The van der Waals surface area contributed by atoms with Crippen LogP contribution in [-0.2, 0) is 10.9 Å². The lowest BCUT2D eigenvalue weighted by Crippen LogP contribution is -2.46. The van der Waals surface area contributed by atoms with Crippen molar-refractivity contribution in [2.45, 2.75) is 31.2 Å². The number of nitrogens with one attached hydrogen (secondary N) is 2. The second-order valence-corrected chi connectivity index (χ2v) is 7.11. The van der Waals surface area contributed by atoms with Gasteiger partial charge in [-0.2, -0.15) is 18.4 Å². The number of alkyl halides is 3. The fourth-order valence-corrected chi connectivity index (χ4v) is 3.24. The molecule has 4 rings (SSSR count). The molecule has 158 valence electrons. The second-order valence-electron chi connectivity index (χ2n) is 7.11. The van der Waals surface area contributed by atoms with Gasteiger partial charge in [0.05, 0.1) is 30.8 Å². The summed E-state index contributed by atoms with van der Waals surface area (Å²) in [5.41, 5.74) is -1.18. The van der Waals surface area contributed by atoms with E-state index >= 15 is 0 Å². The molecule has 1 saturated carbocycles. The van der Waals surface area contributed by atoms with E-state index in [-0.39, 0.29) is 35.7 Å². The summed E-state index contributed by atoms with van der Waals surface area (Å²) in [6, 6.07) is 3.63. The van der Waals surface area contributed by atoms with Crippen LogP contribution in [0.25, 0.3) is 0 Å². The summed E-state index contributed by atoms with van der Waals surface area (Å²) in [6.45, 7) is 2.32. The van der Waals surface area contributed by atoms with Gasteiger partial charge >= 0.3 is 6.18 Å². The van der Waals surface area contributed by atoms with E-state index in [4.69, 9.17) is 10.00 Å². The molecule has 1 saturated heterocycles. The Bertz CT molecular complexity index is 927. The highest BCUT2D eigenvalue weighted by Gasteiger charge is 2.37. The summed E-state index contributed by atoms with van der Waals surface area (Å²) >= 11 is 0. The fourth-order valence-electron chi connectivity index (χ4n) is 3.24. The third kappa shape index (κ3) is 4.92. The number of aromatic nitrogens is 4. The topological polar surface area (TPSA) is 112 Å². The van der Waals surface area contributed by atoms with Gasteiger partial charge in [0.1, 0.15) is 11.9 Å². The molecule has 1 aliphatic carbocycles. The summed E-state index contributed by atoms with van der Waals surface area (Å²) in [5.74, 6) is 0.290. The highest BCUT2D eigenvalue weighted by molar-refractivity contribution is 5.60. The molecule has 2 aromatic rings. The SMILES string of the molecule is N#Cc1cnc(Nc2cc(NC[C@H]3CN(C4CC4)CCO3)c(C(F)(F)F)nn2)cn1. The van der Waals surface area contributed by atoms with Gasteiger partial charge < -0.3 is 15.4 Å². The van der Waals surface area contributed by atoms with Crippen molar-refractivity contribution in [2.75, 3.05) is 36.9 Å². The number of hydrogen-bond donors (Lipinski definition) is 2.